The van der Waals surface area contributed by atoms with E-state index in [1.165, 1.54) is 36.4 Å². The van der Waals surface area contributed by atoms with Crippen LogP contribution in [0.5, 0.6) is 0 Å². The van der Waals surface area contributed by atoms with Gasteiger partial charge in [0.15, 0.2) is 5.95 Å². The van der Waals surface area contributed by atoms with Crippen LogP contribution in [0, 0.1) is 0 Å². The zero-order valence-corrected chi connectivity index (χ0v) is 27.4. The Bertz CT molecular complexity index is 2100. The summed E-state index contributed by atoms with van der Waals surface area (Å²) in [6.07, 6.45) is 5.80. The van der Waals surface area contributed by atoms with Crippen molar-refractivity contribution in [3.05, 3.63) is 90.9 Å². The number of fused-ring (bicyclic) bond motifs is 1. The number of amides is 1. The third-order valence-electron chi connectivity index (χ3n) is 7.30. The maximum absolute atomic E-state index is 13.1. The van der Waals surface area contributed by atoms with E-state index in [1.807, 2.05) is 4.68 Å². The first-order valence-electron chi connectivity index (χ1n) is 14.9. The Balaban J connectivity index is 1.17. The number of anilines is 1. The molecule has 0 fully saturated rings. The molecule has 0 bridgehead atoms. The average Bonchev–Trinajstić information content (AvgIpc) is 3.75. The number of aliphatic carboxylic acids is 1. The van der Waals surface area contributed by atoms with Gasteiger partial charge in [-0.1, -0.05) is 31.2 Å². The first-order chi connectivity index (χ1) is 23.0. The summed E-state index contributed by atoms with van der Waals surface area (Å²) in [5, 5.41) is 20.5. The van der Waals surface area contributed by atoms with Crippen LogP contribution in [0.25, 0.3) is 22.0 Å². The van der Waals surface area contributed by atoms with E-state index in [9.17, 15) is 31.5 Å². The van der Waals surface area contributed by atoms with Gasteiger partial charge < -0.3 is 20.7 Å². The van der Waals surface area contributed by atoms with Crippen LogP contribution < -0.4 is 20.1 Å². The predicted octanol–water partition coefficient (Wildman–Crippen LogP) is 2.39. The fraction of sp³-hybridized carbons (Fsp3) is 0.226. The molecule has 5 rings (SSSR count). The van der Waals surface area contributed by atoms with Gasteiger partial charge >= 0.3 is 5.97 Å². The van der Waals surface area contributed by atoms with Crippen LogP contribution in [0.1, 0.15) is 23.7 Å². The number of hydrogen-bond acceptors (Lipinski definition) is 9. The van der Waals surface area contributed by atoms with E-state index in [4.69, 9.17) is 0 Å². The van der Waals surface area contributed by atoms with Gasteiger partial charge in [-0.05, 0) is 60.0 Å². The number of benzene rings is 3. The normalized spacial score (nSPS) is 12.5. The highest BCUT2D eigenvalue weighted by Gasteiger charge is 2.26. The maximum atomic E-state index is 13.1. The molecule has 0 saturated heterocycles. The van der Waals surface area contributed by atoms with Gasteiger partial charge in [0.2, 0.25) is 20.0 Å². The molecule has 0 spiro atoms. The first-order valence-corrected chi connectivity index (χ1v) is 17.9. The number of nitrogens with zero attached hydrogens (tertiary/aromatic N) is 3. The van der Waals surface area contributed by atoms with Gasteiger partial charge in [-0.25, -0.2) is 26.5 Å². The van der Waals surface area contributed by atoms with Crippen molar-refractivity contribution in [1.82, 2.24) is 34.5 Å². The van der Waals surface area contributed by atoms with Gasteiger partial charge in [-0.3, -0.25) is 14.3 Å². The molecule has 15 nitrogen and oxygen atoms in total. The molecule has 48 heavy (non-hydrogen) atoms. The molecule has 1 unspecified atom stereocenters. The molecule has 1 amide bonds. The number of H-pyrrole nitrogens is 1. The first kappa shape index (κ1) is 34.2. The van der Waals surface area contributed by atoms with Crippen LogP contribution >= 0.6 is 0 Å². The lowest BCUT2D eigenvalue weighted by Gasteiger charge is -2.16. The van der Waals surface area contributed by atoms with Gasteiger partial charge in [-0.2, -0.15) is 9.82 Å². The van der Waals surface area contributed by atoms with Crippen molar-refractivity contribution < 1.29 is 31.5 Å². The van der Waals surface area contributed by atoms with E-state index in [0.29, 0.717) is 30.2 Å². The molecule has 3 aromatic carbocycles. The van der Waals surface area contributed by atoms with Gasteiger partial charge in [0.1, 0.15) is 6.04 Å². The standard InChI is InChI=1S/C31H34N8O7S2/c1-2-37-47(43,44)25-9-4-21(5-10-25)22-6-11-26(12-7-22)48(45,46)38-27(30(41)42)20-35-29(40)23-8-13-28-24(18-23)19-36-39(28)17-3-14-32-31-33-15-16-34-31/h4-13,15-16,18-19,27,37-38H,2-3,14,17,20H2,1H3,(H,35,40)(H,41,42)(H2,32,33,34). The second-order valence-electron chi connectivity index (χ2n) is 10.6. The van der Waals surface area contributed by atoms with E-state index < -0.39 is 44.5 Å². The summed E-state index contributed by atoms with van der Waals surface area (Å²) in [5.74, 6) is -1.36. The van der Waals surface area contributed by atoms with Gasteiger partial charge in [0.05, 0.1) is 21.5 Å². The van der Waals surface area contributed by atoms with Crippen LogP contribution in [-0.2, 0) is 31.4 Å². The zero-order chi connectivity index (χ0) is 34.3. The molecule has 6 N–H and O–H groups in total. The van der Waals surface area contributed by atoms with E-state index in [0.717, 1.165) is 17.3 Å². The smallest absolute Gasteiger partial charge is 0.323 e. The fourth-order valence-electron chi connectivity index (χ4n) is 4.86. The number of hydrogen-bond donors (Lipinski definition) is 6. The number of carboxylic acid groups (broad SMARTS) is 1. The number of carbonyl (C=O) groups is 2. The number of nitrogens with one attached hydrogen (secondary N) is 5. The highest BCUT2D eigenvalue weighted by Crippen LogP contribution is 2.23. The number of aryl methyl sites for hydroxylation is 1. The van der Waals surface area contributed by atoms with E-state index in [1.54, 1.807) is 55.8 Å². The second kappa shape index (κ2) is 14.8. The Hall–Kier alpha value is -5.10. The molecule has 2 heterocycles. The summed E-state index contributed by atoms with van der Waals surface area (Å²) in [7, 11) is -7.90. The summed E-state index contributed by atoms with van der Waals surface area (Å²) in [6.45, 7) is 2.73. The molecule has 17 heteroatoms. The number of imidazole rings is 1. The molecule has 0 aliphatic carbocycles. The van der Waals surface area contributed by atoms with Crippen molar-refractivity contribution in [2.24, 2.45) is 0 Å². The molecule has 0 aliphatic heterocycles. The maximum Gasteiger partial charge on any atom is 0.323 e. The number of carbonyl (C=O) groups excluding carboxylic acids is 1. The third kappa shape index (κ3) is 8.24. The number of aromatic nitrogens is 4. The minimum absolute atomic E-state index is 0.0987. The monoisotopic (exact) mass is 694 g/mol. The summed E-state index contributed by atoms with van der Waals surface area (Å²) < 4.78 is 56.8. The van der Waals surface area contributed by atoms with E-state index >= 15 is 0 Å². The summed E-state index contributed by atoms with van der Waals surface area (Å²) in [4.78, 5) is 31.8. The number of carboxylic acids is 1. The van der Waals surface area contributed by atoms with Crippen molar-refractivity contribution in [3.8, 4) is 11.1 Å². The zero-order valence-electron chi connectivity index (χ0n) is 25.8. The molecule has 0 saturated carbocycles. The van der Waals surface area contributed by atoms with Crippen LogP contribution in [0.4, 0.5) is 5.95 Å². The Labute approximate surface area is 276 Å². The molecule has 1 atom stereocenters. The molecular formula is C31H34N8O7S2. The Kier molecular flexibility index (Phi) is 10.5. The highest BCUT2D eigenvalue weighted by atomic mass is 32.2. The fourth-order valence-corrected chi connectivity index (χ4v) is 7.09. The van der Waals surface area contributed by atoms with Crippen molar-refractivity contribution in [1.29, 1.82) is 0 Å². The molecule has 5 aromatic rings. The summed E-state index contributed by atoms with van der Waals surface area (Å²) in [6, 6.07) is 15.1. The molecule has 252 valence electrons. The number of sulfonamides is 2. The topological polar surface area (TPSA) is 217 Å². The molecular weight excluding hydrogens is 661 g/mol. The lowest BCUT2D eigenvalue weighted by Crippen LogP contribution is -2.48. The minimum atomic E-state index is -4.29. The number of aromatic amines is 1. The second-order valence-corrected chi connectivity index (χ2v) is 14.1. The van der Waals surface area contributed by atoms with Gasteiger partial charge in [0, 0.05) is 49.5 Å². The quantitative estimate of drug-likeness (QED) is 0.0829. The van der Waals surface area contributed by atoms with E-state index in [-0.39, 0.29) is 21.9 Å². The lowest BCUT2D eigenvalue weighted by molar-refractivity contribution is -0.138. The van der Waals surface area contributed by atoms with Crippen LogP contribution in [0.15, 0.2) is 95.1 Å². The molecule has 0 aliphatic rings. The van der Waals surface area contributed by atoms with Gasteiger partial charge in [-0.15, -0.1) is 0 Å². The summed E-state index contributed by atoms with van der Waals surface area (Å²) >= 11 is 0. The van der Waals surface area contributed by atoms with Gasteiger partial charge in [0.25, 0.3) is 5.91 Å². The predicted molar refractivity (Wildman–Crippen MR) is 178 cm³/mol. The highest BCUT2D eigenvalue weighted by molar-refractivity contribution is 7.89. The Morgan fingerprint density at radius 1 is 0.938 bits per heavy atom. The van der Waals surface area contributed by atoms with Crippen LogP contribution in [-0.4, -0.2) is 79.2 Å². The molecule has 0 radical (unpaired) electrons. The molecule has 2 aromatic heterocycles. The van der Waals surface area contributed by atoms with E-state index in [2.05, 4.69) is 35.1 Å². The van der Waals surface area contributed by atoms with Crippen molar-refractivity contribution in [3.63, 3.8) is 0 Å². The number of rotatable bonds is 16. The van der Waals surface area contributed by atoms with Crippen molar-refractivity contribution >= 4 is 48.8 Å². The third-order valence-corrected chi connectivity index (χ3v) is 10.3. The SMILES string of the molecule is CCNS(=O)(=O)c1ccc(-c2ccc(S(=O)(=O)NC(CNC(=O)c3ccc4c(cnn4CCCNc4ncc[nH]4)c3)C(=O)O)cc2)cc1. The van der Waals surface area contributed by atoms with Crippen LogP contribution in [0.3, 0.4) is 0 Å². The van der Waals surface area contributed by atoms with Crippen molar-refractivity contribution in [2.75, 3.05) is 25.0 Å². The minimum Gasteiger partial charge on any atom is -0.480 e. The lowest BCUT2D eigenvalue weighted by atomic mass is 10.1. The Morgan fingerprint density at radius 3 is 2.21 bits per heavy atom. The van der Waals surface area contributed by atoms with Crippen molar-refractivity contribution in [2.45, 2.75) is 35.7 Å². The summed E-state index contributed by atoms with van der Waals surface area (Å²) in [5.41, 5.74) is 2.35. The largest absolute Gasteiger partial charge is 0.480 e. The Morgan fingerprint density at radius 2 is 1.60 bits per heavy atom. The average molecular weight is 695 g/mol. The van der Waals surface area contributed by atoms with Crippen LogP contribution in [0.2, 0.25) is 0 Å².